The Kier molecular flexibility index (Phi) is 4.58. The van der Waals surface area contributed by atoms with Crippen molar-refractivity contribution in [2.75, 3.05) is 19.8 Å². The van der Waals surface area contributed by atoms with E-state index in [1.807, 2.05) is 31.2 Å². The van der Waals surface area contributed by atoms with Crippen molar-refractivity contribution in [3.63, 3.8) is 0 Å². The lowest BCUT2D eigenvalue weighted by molar-refractivity contribution is -0.126. The second kappa shape index (κ2) is 6.18. The molecule has 1 fully saturated rings. The van der Waals surface area contributed by atoms with E-state index in [-0.39, 0.29) is 18.0 Å². The second-order valence-corrected chi connectivity index (χ2v) is 4.74. The highest BCUT2D eigenvalue weighted by Gasteiger charge is 2.23. The third-order valence-electron chi connectivity index (χ3n) is 2.97. The number of nitrogens with one attached hydrogen (secondary N) is 2. The molecule has 1 unspecified atom stereocenters. The third kappa shape index (κ3) is 3.22. The van der Waals surface area contributed by atoms with Crippen molar-refractivity contribution in [2.45, 2.75) is 19.0 Å². The molecular weight excluding hydrogens is 252 g/mol. The van der Waals surface area contributed by atoms with E-state index in [0.29, 0.717) is 24.8 Å². The number of morpholine rings is 1. The lowest BCUT2D eigenvalue weighted by Crippen LogP contribution is -2.51. The molecular formula is C13H17ClN2O2. The van der Waals surface area contributed by atoms with Gasteiger partial charge in [-0.1, -0.05) is 29.8 Å². The molecule has 0 aromatic heterocycles. The molecule has 18 heavy (non-hydrogen) atoms. The molecule has 1 aliphatic rings. The predicted octanol–water partition coefficient (Wildman–Crippen LogP) is 1.51. The number of benzene rings is 1. The van der Waals surface area contributed by atoms with Crippen LogP contribution in [0.3, 0.4) is 0 Å². The van der Waals surface area contributed by atoms with Crippen LogP contribution in [-0.2, 0) is 9.53 Å². The second-order valence-electron chi connectivity index (χ2n) is 4.33. The molecule has 0 radical (unpaired) electrons. The Morgan fingerprint density at radius 1 is 1.56 bits per heavy atom. The van der Waals surface area contributed by atoms with E-state index in [1.165, 1.54) is 0 Å². The summed E-state index contributed by atoms with van der Waals surface area (Å²) in [5, 5.41) is 6.73. The minimum absolute atomic E-state index is 0.0536. The van der Waals surface area contributed by atoms with Crippen LogP contribution >= 0.6 is 11.6 Å². The van der Waals surface area contributed by atoms with Gasteiger partial charge < -0.3 is 15.4 Å². The zero-order valence-corrected chi connectivity index (χ0v) is 11.0. The Labute approximate surface area is 112 Å². The minimum Gasteiger partial charge on any atom is -0.378 e. The summed E-state index contributed by atoms with van der Waals surface area (Å²) in [4.78, 5) is 12.0. The highest BCUT2D eigenvalue weighted by Crippen LogP contribution is 2.22. The van der Waals surface area contributed by atoms with E-state index in [4.69, 9.17) is 16.3 Å². The van der Waals surface area contributed by atoms with E-state index in [2.05, 4.69) is 10.6 Å². The van der Waals surface area contributed by atoms with Gasteiger partial charge in [0.05, 0.1) is 19.3 Å². The maximum absolute atomic E-state index is 12.0. The van der Waals surface area contributed by atoms with E-state index >= 15 is 0 Å². The summed E-state index contributed by atoms with van der Waals surface area (Å²) in [6.07, 6.45) is 0. The number of carbonyl (C=O) groups is 1. The lowest BCUT2D eigenvalue weighted by atomic mass is 10.1. The SMILES string of the molecule is C[C@H](NC(=O)C1COCCN1)c1ccccc1Cl. The summed E-state index contributed by atoms with van der Waals surface area (Å²) in [7, 11) is 0. The molecule has 5 heteroatoms. The molecule has 1 aliphatic heterocycles. The van der Waals surface area contributed by atoms with Gasteiger partial charge >= 0.3 is 0 Å². The normalized spacial score (nSPS) is 21.3. The van der Waals surface area contributed by atoms with Gasteiger partial charge in [0.15, 0.2) is 0 Å². The van der Waals surface area contributed by atoms with Crippen molar-refractivity contribution < 1.29 is 9.53 Å². The van der Waals surface area contributed by atoms with Crippen LogP contribution in [-0.4, -0.2) is 31.7 Å². The summed E-state index contributed by atoms with van der Waals surface area (Å²) in [6.45, 7) is 3.70. The molecule has 1 heterocycles. The largest absolute Gasteiger partial charge is 0.378 e. The number of rotatable bonds is 3. The van der Waals surface area contributed by atoms with Crippen LogP contribution in [0.2, 0.25) is 5.02 Å². The fraction of sp³-hybridized carbons (Fsp3) is 0.462. The molecule has 0 spiro atoms. The topological polar surface area (TPSA) is 50.4 Å². The monoisotopic (exact) mass is 268 g/mol. The first kappa shape index (κ1) is 13.3. The van der Waals surface area contributed by atoms with Crippen LogP contribution in [0.25, 0.3) is 0 Å². The lowest BCUT2D eigenvalue weighted by Gasteiger charge is -2.25. The van der Waals surface area contributed by atoms with Crippen molar-refractivity contribution in [1.29, 1.82) is 0 Å². The number of halogens is 1. The zero-order valence-electron chi connectivity index (χ0n) is 10.3. The smallest absolute Gasteiger partial charge is 0.240 e. The van der Waals surface area contributed by atoms with Gasteiger partial charge in [0, 0.05) is 11.6 Å². The first-order valence-electron chi connectivity index (χ1n) is 6.04. The average molecular weight is 269 g/mol. The molecule has 4 nitrogen and oxygen atoms in total. The van der Waals surface area contributed by atoms with Gasteiger partial charge in [-0.25, -0.2) is 0 Å². The molecule has 1 saturated heterocycles. The molecule has 2 N–H and O–H groups in total. The Morgan fingerprint density at radius 2 is 2.33 bits per heavy atom. The van der Waals surface area contributed by atoms with E-state index < -0.39 is 0 Å². The highest BCUT2D eigenvalue weighted by atomic mass is 35.5. The molecule has 0 saturated carbocycles. The Balaban J connectivity index is 1.96. The molecule has 98 valence electrons. The van der Waals surface area contributed by atoms with Crippen LogP contribution in [0.4, 0.5) is 0 Å². The van der Waals surface area contributed by atoms with Gasteiger partial charge in [-0.15, -0.1) is 0 Å². The maximum Gasteiger partial charge on any atom is 0.240 e. The number of amides is 1. The van der Waals surface area contributed by atoms with E-state index in [1.54, 1.807) is 0 Å². The fourth-order valence-electron chi connectivity index (χ4n) is 1.95. The average Bonchev–Trinajstić information content (AvgIpc) is 2.40. The molecule has 1 amide bonds. The Morgan fingerprint density at radius 3 is 3.00 bits per heavy atom. The summed E-state index contributed by atoms with van der Waals surface area (Å²) >= 11 is 6.10. The van der Waals surface area contributed by atoms with Crippen molar-refractivity contribution in [1.82, 2.24) is 10.6 Å². The first-order chi connectivity index (χ1) is 8.68. The van der Waals surface area contributed by atoms with Gasteiger partial charge in [-0.05, 0) is 18.6 Å². The standard InChI is InChI=1S/C13H17ClN2O2/c1-9(10-4-2-3-5-11(10)14)16-13(17)12-8-18-7-6-15-12/h2-5,9,12,15H,6-8H2,1H3,(H,16,17)/t9-,12?/m0/s1. The molecule has 0 aliphatic carbocycles. The Hall–Kier alpha value is -1.10. The van der Waals surface area contributed by atoms with Gasteiger partial charge in [-0.2, -0.15) is 0 Å². The number of hydrogen-bond acceptors (Lipinski definition) is 3. The van der Waals surface area contributed by atoms with Gasteiger partial charge in [0.2, 0.25) is 5.91 Å². The number of hydrogen-bond donors (Lipinski definition) is 2. The summed E-state index contributed by atoms with van der Waals surface area (Å²) in [6, 6.07) is 7.13. The van der Waals surface area contributed by atoms with Crippen LogP contribution in [0, 0.1) is 0 Å². The third-order valence-corrected chi connectivity index (χ3v) is 3.31. The van der Waals surface area contributed by atoms with Crippen molar-refractivity contribution in [3.8, 4) is 0 Å². The number of ether oxygens (including phenoxy) is 1. The van der Waals surface area contributed by atoms with Crippen LogP contribution in [0.15, 0.2) is 24.3 Å². The first-order valence-corrected chi connectivity index (χ1v) is 6.42. The quantitative estimate of drug-likeness (QED) is 0.874. The molecule has 0 bridgehead atoms. The van der Waals surface area contributed by atoms with Crippen molar-refractivity contribution >= 4 is 17.5 Å². The minimum atomic E-state index is -0.274. The van der Waals surface area contributed by atoms with E-state index in [0.717, 1.165) is 5.56 Å². The van der Waals surface area contributed by atoms with Gasteiger partial charge in [0.25, 0.3) is 0 Å². The summed E-state index contributed by atoms with van der Waals surface area (Å²) < 4.78 is 5.26. The van der Waals surface area contributed by atoms with Crippen molar-refractivity contribution in [3.05, 3.63) is 34.9 Å². The van der Waals surface area contributed by atoms with Gasteiger partial charge in [-0.3, -0.25) is 4.79 Å². The van der Waals surface area contributed by atoms with Crippen LogP contribution < -0.4 is 10.6 Å². The maximum atomic E-state index is 12.0. The molecule has 1 aromatic rings. The van der Waals surface area contributed by atoms with E-state index in [9.17, 15) is 4.79 Å². The zero-order chi connectivity index (χ0) is 13.0. The summed E-state index contributed by atoms with van der Waals surface area (Å²) in [5.41, 5.74) is 0.921. The Bertz CT molecular complexity index is 419. The fourth-order valence-corrected chi connectivity index (χ4v) is 2.25. The predicted molar refractivity (Wildman–Crippen MR) is 70.6 cm³/mol. The van der Waals surface area contributed by atoms with Crippen molar-refractivity contribution in [2.24, 2.45) is 0 Å². The highest BCUT2D eigenvalue weighted by molar-refractivity contribution is 6.31. The summed E-state index contributed by atoms with van der Waals surface area (Å²) in [5.74, 6) is -0.0536. The molecule has 1 aromatic carbocycles. The van der Waals surface area contributed by atoms with Crippen LogP contribution in [0.1, 0.15) is 18.5 Å². The molecule has 2 atom stereocenters. The van der Waals surface area contributed by atoms with Crippen LogP contribution in [0.5, 0.6) is 0 Å². The van der Waals surface area contributed by atoms with Gasteiger partial charge in [0.1, 0.15) is 6.04 Å². The number of carbonyl (C=O) groups excluding carboxylic acids is 1. The molecule has 2 rings (SSSR count).